The summed E-state index contributed by atoms with van der Waals surface area (Å²) in [6.45, 7) is 0.828. The molecule has 0 atom stereocenters. The lowest BCUT2D eigenvalue weighted by molar-refractivity contribution is -0.123. The Morgan fingerprint density at radius 3 is 2.77 bits per heavy atom. The Balaban J connectivity index is 1.72. The predicted octanol–water partition coefficient (Wildman–Crippen LogP) is 1.52. The highest BCUT2D eigenvalue weighted by Gasteiger charge is 2.27. The van der Waals surface area contributed by atoms with Crippen molar-refractivity contribution < 1.29 is 17.9 Å². The van der Waals surface area contributed by atoms with Gasteiger partial charge in [-0.1, -0.05) is 23.2 Å². The molecule has 1 fully saturated rings. The molecule has 6 nitrogen and oxygen atoms in total. The number of halogens is 2. The van der Waals surface area contributed by atoms with Gasteiger partial charge in [0, 0.05) is 24.7 Å². The second-order valence-corrected chi connectivity index (χ2v) is 7.71. The lowest BCUT2D eigenvalue weighted by Gasteiger charge is -2.14. The van der Waals surface area contributed by atoms with Crippen LogP contribution in [-0.2, 0) is 14.8 Å². The zero-order valence-electron chi connectivity index (χ0n) is 11.7. The molecule has 0 aromatic heterocycles. The van der Waals surface area contributed by atoms with Crippen molar-refractivity contribution in [2.45, 2.75) is 6.42 Å². The smallest absolute Gasteiger partial charge is 0.257 e. The molecular weight excluding hydrogens is 351 g/mol. The molecule has 1 amide bonds. The number of hydrogen-bond acceptors (Lipinski definition) is 4. The van der Waals surface area contributed by atoms with E-state index < -0.39 is 10.0 Å². The fourth-order valence-corrected chi connectivity index (χ4v) is 4.04. The van der Waals surface area contributed by atoms with Crippen LogP contribution < -0.4 is 10.1 Å². The average Bonchev–Trinajstić information content (AvgIpc) is 2.77. The van der Waals surface area contributed by atoms with Crippen LogP contribution in [0.15, 0.2) is 18.2 Å². The van der Waals surface area contributed by atoms with E-state index in [1.807, 2.05) is 0 Å². The van der Waals surface area contributed by atoms with E-state index in [1.165, 1.54) is 10.4 Å². The van der Waals surface area contributed by atoms with Gasteiger partial charge in [-0.15, -0.1) is 0 Å². The van der Waals surface area contributed by atoms with Crippen molar-refractivity contribution in [1.29, 1.82) is 0 Å². The zero-order chi connectivity index (χ0) is 16.2. The molecule has 9 heteroatoms. The van der Waals surface area contributed by atoms with E-state index in [-0.39, 0.29) is 31.4 Å². The Morgan fingerprint density at radius 2 is 2.14 bits per heavy atom. The first-order valence-electron chi connectivity index (χ1n) is 6.71. The van der Waals surface area contributed by atoms with Crippen LogP contribution in [0.1, 0.15) is 6.42 Å². The summed E-state index contributed by atoms with van der Waals surface area (Å²) in [5.41, 5.74) is 0. The van der Waals surface area contributed by atoms with Gasteiger partial charge in [0.15, 0.2) is 6.61 Å². The number of amides is 1. The fourth-order valence-electron chi connectivity index (χ4n) is 2.05. The molecule has 2 rings (SSSR count). The third-order valence-corrected chi connectivity index (χ3v) is 5.63. The molecular formula is C13H16Cl2N2O4S. The van der Waals surface area contributed by atoms with Crippen molar-refractivity contribution in [2.24, 2.45) is 0 Å². The highest BCUT2D eigenvalue weighted by molar-refractivity contribution is 7.89. The number of nitrogens with one attached hydrogen (secondary N) is 1. The number of benzene rings is 1. The van der Waals surface area contributed by atoms with Gasteiger partial charge in [0.1, 0.15) is 5.75 Å². The molecule has 1 aromatic carbocycles. The summed E-state index contributed by atoms with van der Waals surface area (Å²) in [6, 6.07) is 4.71. The number of ether oxygens (including phenoxy) is 1. The summed E-state index contributed by atoms with van der Waals surface area (Å²) < 4.78 is 29.8. The van der Waals surface area contributed by atoms with E-state index in [9.17, 15) is 13.2 Å². The molecule has 1 aliphatic rings. The van der Waals surface area contributed by atoms with Crippen molar-refractivity contribution in [3.05, 3.63) is 28.2 Å². The van der Waals surface area contributed by atoms with Gasteiger partial charge in [0.05, 0.1) is 10.8 Å². The predicted molar refractivity (Wildman–Crippen MR) is 84.9 cm³/mol. The maximum atomic E-state index is 11.7. The normalized spacial score (nSPS) is 17.4. The fraction of sp³-hybridized carbons (Fsp3) is 0.462. The monoisotopic (exact) mass is 366 g/mol. The summed E-state index contributed by atoms with van der Waals surface area (Å²) in [5.74, 6) is 0.199. The van der Waals surface area contributed by atoms with Gasteiger partial charge in [-0.2, -0.15) is 0 Å². The van der Waals surface area contributed by atoms with Crippen LogP contribution >= 0.6 is 23.2 Å². The van der Waals surface area contributed by atoms with E-state index in [0.29, 0.717) is 28.8 Å². The lowest BCUT2D eigenvalue weighted by atomic mass is 10.3. The summed E-state index contributed by atoms with van der Waals surface area (Å²) >= 11 is 11.7. The van der Waals surface area contributed by atoms with Gasteiger partial charge in [-0.05, 0) is 24.6 Å². The molecule has 22 heavy (non-hydrogen) atoms. The van der Waals surface area contributed by atoms with E-state index in [0.717, 1.165) is 0 Å². The summed E-state index contributed by atoms with van der Waals surface area (Å²) in [5, 5.41) is 3.41. The number of sulfonamides is 1. The van der Waals surface area contributed by atoms with Crippen LogP contribution in [0, 0.1) is 0 Å². The molecule has 1 aromatic rings. The van der Waals surface area contributed by atoms with Crippen molar-refractivity contribution >= 4 is 39.1 Å². The number of hydrogen-bond donors (Lipinski definition) is 1. The Bertz CT molecular complexity index is 651. The van der Waals surface area contributed by atoms with Crippen LogP contribution in [0.2, 0.25) is 10.0 Å². The first kappa shape index (κ1) is 17.3. The molecule has 1 heterocycles. The number of carbonyl (C=O) groups excluding carboxylic acids is 1. The molecule has 0 spiro atoms. The molecule has 0 radical (unpaired) electrons. The first-order valence-corrected chi connectivity index (χ1v) is 9.07. The molecule has 1 N–H and O–H groups in total. The first-order chi connectivity index (χ1) is 10.4. The molecule has 1 aliphatic heterocycles. The van der Waals surface area contributed by atoms with Crippen LogP contribution in [0.3, 0.4) is 0 Å². The van der Waals surface area contributed by atoms with Crippen molar-refractivity contribution in [3.8, 4) is 5.75 Å². The maximum Gasteiger partial charge on any atom is 0.257 e. The van der Waals surface area contributed by atoms with E-state index in [4.69, 9.17) is 27.9 Å². The van der Waals surface area contributed by atoms with Crippen LogP contribution in [0.5, 0.6) is 5.75 Å². The minimum absolute atomic E-state index is 0.180. The third-order valence-electron chi connectivity index (χ3n) is 3.14. The Hall–Kier alpha value is -1.02. The van der Waals surface area contributed by atoms with Crippen molar-refractivity contribution in [3.63, 3.8) is 0 Å². The number of rotatable bonds is 6. The highest BCUT2D eigenvalue weighted by Crippen LogP contribution is 2.27. The van der Waals surface area contributed by atoms with E-state index in [2.05, 4.69) is 5.32 Å². The molecule has 0 aliphatic carbocycles. The van der Waals surface area contributed by atoms with Gasteiger partial charge in [-0.3, -0.25) is 4.79 Å². The Kier molecular flexibility index (Phi) is 5.91. The molecule has 1 saturated heterocycles. The zero-order valence-corrected chi connectivity index (χ0v) is 14.0. The minimum Gasteiger partial charge on any atom is -0.482 e. The quantitative estimate of drug-likeness (QED) is 0.827. The maximum absolute atomic E-state index is 11.7. The third kappa shape index (κ3) is 4.74. The summed E-state index contributed by atoms with van der Waals surface area (Å²) in [7, 11) is -3.13. The molecule has 0 bridgehead atoms. The van der Waals surface area contributed by atoms with Crippen molar-refractivity contribution in [1.82, 2.24) is 9.62 Å². The van der Waals surface area contributed by atoms with Crippen molar-refractivity contribution in [2.75, 3.05) is 32.0 Å². The van der Waals surface area contributed by atoms with Crippen LogP contribution in [0.25, 0.3) is 0 Å². The number of carbonyl (C=O) groups is 1. The lowest BCUT2D eigenvalue weighted by Crippen LogP contribution is -2.37. The van der Waals surface area contributed by atoms with Crippen LogP contribution in [-0.4, -0.2) is 50.6 Å². The molecule has 0 unspecified atom stereocenters. The number of nitrogens with zero attached hydrogens (tertiary/aromatic N) is 1. The summed E-state index contributed by atoms with van der Waals surface area (Å²) in [6.07, 6.45) is 0.633. The molecule has 0 saturated carbocycles. The second-order valence-electron chi connectivity index (χ2n) is 4.78. The van der Waals surface area contributed by atoms with Gasteiger partial charge < -0.3 is 10.1 Å². The average molecular weight is 367 g/mol. The largest absolute Gasteiger partial charge is 0.482 e. The Morgan fingerprint density at radius 1 is 1.36 bits per heavy atom. The van der Waals surface area contributed by atoms with Gasteiger partial charge in [0.25, 0.3) is 5.91 Å². The topological polar surface area (TPSA) is 75.7 Å². The minimum atomic E-state index is -3.13. The second kappa shape index (κ2) is 7.50. The SMILES string of the molecule is O=C(COc1ccc(Cl)cc1Cl)NCCN1CCCS1(=O)=O. The van der Waals surface area contributed by atoms with E-state index in [1.54, 1.807) is 12.1 Å². The van der Waals surface area contributed by atoms with Gasteiger partial charge in [0.2, 0.25) is 10.0 Å². The molecule has 122 valence electrons. The van der Waals surface area contributed by atoms with Gasteiger partial charge >= 0.3 is 0 Å². The Labute approximate surface area is 139 Å². The standard InChI is InChI=1S/C13H16Cl2N2O4S/c14-10-2-3-12(11(15)8-10)21-9-13(18)16-4-6-17-5-1-7-22(17,19)20/h2-3,8H,1,4-7,9H2,(H,16,18). The highest BCUT2D eigenvalue weighted by atomic mass is 35.5. The van der Waals surface area contributed by atoms with Gasteiger partial charge in [-0.25, -0.2) is 12.7 Å². The summed E-state index contributed by atoms with van der Waals surface area (Å²) in [4.78, 5) is 11.7. The van der Waals surface area contributed by atoms with E-state index >= 15 is 0 Å². The van der Waals surface area contributed by atoms with Crippen LogP contribution in [0.4, 0.5) is 0 Å².